The van der Waals surface area contributed by atoms with E-state index in [2.05, 4.69) is 43.9 Å². The van der Waals surface area contributed by atoms with Crippen LogP contribution in [0.4, 0.5) is 0 Å². The lowest BCUT2D eigenvalue weighted by atomic mass is 9.96. The fraction of sp³-hybridized carbons (Fsp3) is 0.727. The van der Waals surface area contributed by atoms with E-state index in [0.29, 0.717) is 11.6 Å². The minimum absolute atomic E-state index is 0.529. The summed E-state index contributed by atoms with van der Waals surface area (Å²) in [6.07, 6.45) is 9.25. The third-order valence-corrected chi connectivity index (χ3v) is 4.40. The van der Waals surface area contributed by atoms with Gasteiger partial charge in [0, 0.05) is 18.3 Å². The van der Waals surface area contributed by atoms with Gasteiger partial charge in [-0.25, -0.2) is 0 Å². The monoisotopic (exact) mass is 269 g/mol. The van der Waals surface area contributed by atoms with E-state index in [0.717, 1.165) is 4.47 Å². The van der Waals surface area contributed by atoms with Gasteiger partial charge in [-0.3, -0.25) is 4.68 Å². The highest BCUT2D eigenvalue weighted by molar-refractivity contribution is 9.10. The number of nitrogens with zero attached hydrogens (tertiary/aromatic N) is 3. The van der Waals surface area contributed by atoms with Crippen LogP contribution in [0.2, 0.25) is 0 Å². The van der Waals surface area contributed by atoms with Gasteiger partial charge in [0.1, 0.15) is 0 Å². The standard InChI is InChI=1S/C11H16BrN3/c1-14-5-2-10(6-11(14)3-4-11)15-8-9(12)7-13-15/h7-8,10H,2-6H2,1H3/t10-/m0/s1. The molecule has 0 radical (unpaired) electrons. The van der Waals surface area contributed by atoms with Crippen LogP contribution in [0.1, 0.15) is 31.7 Å². The van der Waals surface area contributed by atoms with Crippen molar-refractivity contribution in [3.63, 3.8) is 0 Å². The molecule has 1 aromatic rings. The molecule has 1 saturated heterocycles. The van der Waals surface area contributed by atoms with E-state index >= 15 is 0 Å². The predicted molar refractivity (Wildman–Crippen MR) is 62.8 cm³/mol. The Kier molecular flexibility index (Phi) is 2.18. The summed E-state index contributed by atoms with van der Waals surface area (Å²) in [5.74, 6) is 0. The Morgan fingerprint density at radius 2 is 2.33 bits per heavy atom. The van der Waals surface area contributed by atoms with Gasteiger partial charge >= 0.3 is 0 Å². The van der Waals surface area contributed by atoms with Crippen molar-refractivity contribution in [2.24, 2.45) is 0 Å². The molecule has 0 aromatic carbocycles. The zero-order chi connectivity index (χ0) is 10.5. The van der Waals surface area contributed by atoms with Gasteiger partial charge in [0.05, 0.1) is 16.7 Å². The number of hydrogen-bond acceptors (Lipinski definition) is 2. The van der Waals surface area contributed by atoms with E-state index in [4.69, 9.17) is 0 Å². The average molecular weight is 270 g/mol. The molecule has 4 heteroatoms. The lowest BCUT2D eigenvalue weighted by Crippen LogP contribution is -2.42. The first kappa shape index (κ1) is 9.85. The fourth-order valence-electron chi connectivity index (χ4n) is 2.75. The zero-order valence-corrected chi connectivity index (χ0v) is 10.6. The van der Waals surface area contributed by atoms with Gasteiger partial charge in [-0.05, 0) is 48.7 Å². The van der Waals surface area contributed by atoms with E-state index in [-0.39, 0.29) is 0 Å². The van der Waals surface area contributed by atoms with Crippen molar-refractivity contribution in [2.75, 3.05) is 13.6 Å². The summed E-state index contributed by atoms with van der Waals surface area (Å²) < 4.78 is 3.23. The van der Waals surface area contributed by atoms with Gasteiger partial charge in [-0.15, -0.1) is 0 Å². The van der Waals surface area contributed by atoms with Gasteiger partial charge < -0.3 is 4.90 Å². The van der Waals surface area contributed by atoms with E-state index in [1.54, 1.807) is 0 Å². The molecule has 3 nitrogen and oxygen atoms in total. The summed E-state index contributed by atoms with van der Waals surface area (Å²) in [6.45, 7) is 1.21. The van der Waals surface area contributed by atoms with Crippen molar-refractivity contribution in [3.8, 4) is 0 Å². The highest BCUT2D eigenvalue weighted by Gasteiger charge is 2.50. The molecule has 0 amide bonds. The number of piperidine rings is 1. The third kappa shape index (κ3) is 1.64. The van der Waals surface area contributed by atoms with E-state index in [1.165, 1.54) is 32.2 Å². The van der Waals surface area contributed by atoms with Crippen LogP contribution in [0.3, 0.4) is 0 Å². The number of likely N-dealkylation sites (tertiary alicyclic amines) is 1. The molecule has 2 fully saturated rings. The Bertz CT molecular complexity index is 370. The molecule has 1 atom stereocenters. The highest BCUT2D eigenvalue weighted by Crippen LogP contribution is 2.50. The average Bonchev–Trinajstić information content (AvgIpc) is 2.86. The summed E-state index contributed by atoms with van der Waals surface area (Å²) >= 11 is 3.46. The molecule has 1 aliphatic heterocycles. The van der Waals surface area contributed by atoms with Crippen LogP contribution in [-0.2, 0) is 0 Å². The Morgan fingerprint density at radius 1 is 1.53 bits per heavy atom. The first-order chi connectivity index (χ1) is 7.20. The minimum atomic E-state index is 0.529. The number of rotatable bonds is 1. The first-order valence-corrected chi connectivity index (χ1v) is 6.40. The summed E-state index contributed by atoms with van der Waals surface area (Å²) in [7, 11) is 2.27. The molecule has 1 spiro atoms. The minimum Gasteiger partial charge on any atom is -0.301 e. The van der Waals surface area contributed by atoms with Crippen molar-refractivity contribution in [1.29, 1.82) is 0 Å². The maximum absolute atomic E-state index is 4.41. The second-order valence-corrected chi connectivity index (χ2v) is 5.85. The second-order valence-electron chi connectivity index (χ2n) is 4.93. The van der Waals surface area contributed by atoms with Crippen LogP contribution in [-0.4, -0.2) is 33.8 Å². The fourth-order valence-corrected chi connectivity index (χ4v) is 3.05. The van der Waals surface area contributed by atoms with Crippen molar-refractivity contribution < 1.29 is 0 Å². The van der Waals surface area contributed by atoms with E-state index in [1.807, 2.05) is 6.20 Å². The molecule has 0 unspecified atom stereocenters. The quantitative estimate of drug-likeness (QED) is 0.781. The Morgan fingerprint density at radius 3 is 2.93 bits per heavy atom. The smallest absolute Gasteiger partial charge is 0.0632 e. The topological polar surface area (TPSA) is 21.1 Å². The summed E-state index contributed by atoms with van der Waals surface area (Å²) in [5, 5.41) is 4.41. The molecule has 2 aliphatic rings. The van der Waals surface area contributed by atoms with Crippen molar-refractivity contribution in [1.82, 2.24) is 14.7 Å². The van der Waals surface area contributed by atoms with E-state index < -0.39 is 0 Å². The largest absolute Gasteiger partial charge is 0.301 e. The molecule has 82 valence electrons. The van der Waals surface area contributed by atoms with Crippen molar-refractivity contribution >= 4 is 15.9 Å². The highest BCUT2D eigenvalue weighted by atomic mass is 79.9. The van der Waals surface area contributed by atoms with Crippen LogP contribution >= 0.6 is 15.9 Å². The molecule has 0 N–H and O–H groups in total. The predicted octanol–water partition coefficient (Wildman–Crippen LogP) is 2.44. The van der Waals surface area contributed by atoms with Gasteiger partial charge in [0.15, 0.2) is 0 Å². The Hall–Kier alpha value is -0.350. The summed E-state index contributed by atoms with van der Waals surface area (Å²) in [4.78, 5) is 2.54. The van der Waals surface area contributed by atoms with Crippen molar-refractivity contribution in [2.45, 2.75) is 37.3 Å². The maximum Gasteiger partial charge on any atom is 0.0632 e. The number of aromatic nitrogens is 2. The molecule has 15 heavy (non-hydrogen) atoms. The SMILES string of the molecule is CN1CC[C@H](n2cc(Br)cn2)CC12CC2. The van der Waals surface area contributed by atoms with Crippen LogP contribution in [0, 0.1) is 0 Å². The Balaban J connectivity index is 1.79. The van der Waals surface area contributed by atoms with E-state index in [9.17, 15) is 0 Å². The molecule has 1 aromatic heterocycles. The molecule has 2 heterocycles. The van der Waals surface area contributed by atoms with Gasteiger partial charge in [-0.2, -0.15) is 5.10 Å². The van der Waals surface area contributed by atoms with Crippen LogP contribution < -0.4 is 0 Å². The number of hydrogen-bond donors (Lipinski definition) is 0. The normalized spacial score (nSPS) is 29.6. The second kappa shape index (κ2) is 3.32. The molecule has 0 bridgehead atoms. The van der Waals surface area contributed by atoms with Gasteiger partial charge in [0.2, 0.25) is 0 Å². The first-order valence-electron chi connectivity index (χ1n) is 5.61. The third-order valence-electron chi connectivity index (χ3n) is 3.99. The molecular weight excluding hydrogens is 254 g/mol. The molecule has 3 rings (SSSR count). The van der Waals surface area contributed by atoms with Gasteiger partial charge in [0.25, 0.3) is 0 Å². The molecule has 1 aliphatic carbocycles. The van der Waals surface area contributed by atoms with Crippen LogP contribution in [0.5, 0.6) is 0 Å². The van der Waals surface area contributed by atoms with Crippen LogP contribution in [0.25, 0.3) is 0 Å². The van der Waals surface area contributed by atoms with Crippen molar-refractivity contribution in [3.05, 3.63) is 16.9 Å². The van der Waals surface area contributed by atoms with Crippen LogP contribution in [0.15, 0.2) is 16.9 Å². The lowest BCUT2D eigenvalue weighted by Gasteiger charge is -2.37. The summed E-state index contributed by atoms with van der Waals surface area (Å²) in [5.41, 5.74) is 0.529. The zero-order valence-electron chi connectivity index (χ0n) is 8.99. The molecule has 1 saturated carbocycles. The van der Waals surface area contributed by atoms with Gasteiger partial charge in [-0.1, -0.05) is 0 Å². The number of halogens is 1. The maximum atomic E-state index is 4.41. The molecular formula is C11H16BrN3. The Labute approximate surface area is 98.6 Å². The lowest BCUT2D eigenvalue weighted by molar-refractivity contribution is 0.121. The summed E-state index contributed by atoms with van der Waals surface area (Å²) in [6, 6.07) is 0.606.